The van der Waals surface area contributed by atoms with Gasteiger partial charge < -0.3 is 9.64 Å². The lowest BCUT2D eigenvalue weighted by Crippen LogP contribution is -2.39. The standard InChI is InChI=1S/C22H30N2O3/c1-16-14-23(20(25)13-17-9-5-6-10-17)18-11-7-8-12-19(18)24(15-16)21(26)27-22(2,3)4/h5,7-9,11-12,16-17H,6,10,13-15H2,1-4H3/t16-,17+/m1/s1. The van der Waals surface area contributed by atoms with E-state index < -0.39 is 5.60 Å². The molecule has 0 saturated heterocycles. The monoisotopic (exact) mass is 370 g/mol. The van der Waals surface area contributed by atoms with E-state index in [0.29, 0.717) is 25.4 Å². The van der Waals surface area contributed by atoms with Crippen molar-refractivity contribution in [3.8, 4) is 0 Å². The number of carbonyl (C=O) groups is 2. The highest BCUT2D eigenvalue weighted by Crippen LogP contribution is 2.35. The minimum absolute atomic E-state index is 0.122. The van der Waals surface area contributed by atoms with Crippen LogP contribution in [-0.4, -0.2) is 30.7 Å². The fourth-order valence-electron chi connectivity index (χ4n) is 3.72. The predicted molar refractivity (Wildman–Crippen MR) is 108 cm³/mol. The van der Waals surface area contributed by atoms with Gasteiger partial charge in [0.25, 0.3) is 0 Å². The number of carbonyl (C=O) groups excluding carboxylic acids is 2. The molecule has 0 N–H and O–H groups in total. The maximum absolute atomic E-state index is 13.1. The van der Waals surface area contributed by atoms with Crippen LogP contribution in [0.15, 0.2) is 36.4 Å². The van der Waals surface area contributed by atoms with Crippen LogP contribution >= 0.6 is 0 Å². The molecule has 0 unspecified atom stereocenters. The first-order chi connectivity index (χ1) is 12.7. The van der Waals surface area contributed by atoms with E-state index in [0.717, 1.165) is 24.2 Å². The lowest BCUT2D eigenvalue weighted by molar-refractivity contribution is -0.119. The lowest BCUT2D eigenvalue weighted by Gasteiger charge is -2.28. The number of rotatable bonds is 2. The van der Waals surface area contributed by atoms with Crippen molar-refractivity contribution in [1.29, 1.82) is 0 Å². The molecule has 1 aliphatic carbocycles. The van der Waals surface area contributed by atoms with Crippen LogP contribution in [0.4, 0.5) is 16.2 Å². The third kappa shape index (κ3) is 4.71. The highest BCUT2D eigenvalue weighted by atomic mass is 16.6. The zero-order valence-corrected chi connectivity index (χ0v) is 16.8. The second-order valence-electron chi connectivity index (χ2n) is 8.66. The molecule has 1 heterocycles. The molecule has 2 aliphatic rings. The molecule has 5 nitrogen and oxygen atoms in total. The molecular formula is C22H30N2O3. The van der Waals surface area contributed by atoms with Gasteiger partial charge in [0.1, 0.15) is 5.60 Å². The van der Waals surface area contributed by atoms with E-state index in [1.165, 1.54) is 0 Å². The second-order valence-corrected chi connectivity index (χ2v) is 8.66. The molecule has 0 fully saturated rings. The molecule has 2 atom stereocenters. The van der Waals surface area contributed by atoms with Gasteiger partial charge in [-0.15, -0.1) is 0 Å². The second kappa shape index (κ2) is 7.75. The Balaban J connectivity index is 1.89. The van der Waals surface area contributed by atoms with Crippen molar-refractivity contribution in [2.45, 2.75) is 52.6 Å². The maximum Gasteiger partial charge on any atom is 0.414 e. The van der Waals surface area contributed by atoms with Crippen molar-refractivity contribution in [3.05, 3.63) is 36.4 Å². The first-order valence-corrected chi connectivity index (χ1v) is 9.81. The molecule has 5 heteroatoms. The lowest BCUT2D eigenvalue weighted by atomic mass is 10.0. The summed E-state index contributed by atoms with van der Waals surface area (Å²) < 4.78 is 5.62. The van der Waals surface area contributed by atoms with Crippen LogP contribution in [0.25, 0.3) is 0 Å². The predicted octanol–water partition coefficient (Wildman–Crippen LogP) is 4.77. The average Bonchev–Trinajstić information content (AvgIpc) is 3.03. The Hall–Kier alpha value is -2.30. The van der Waals surface area contributed by atoms with E-state index >= 15 is 0 Å². The van der Waals surface area contributed by atoms with Gasteiger partial charge >= 0.3 is 6.09 Å². The number of allylic oxidation sites excluding steroid dienone is 2. The van der Waals surface area contributed by atoms with Crippen molar-refractivity contribution < 1.29 is 14.3 Å². The van der Waals surface area contributed by atoms with Crippen molar-refractivity contribution in [2.24, 2.45) is 11.8 Å². The highest BCUT2D eigenvalue weighted by Gasteiger charge is 2.33. The number of fused-ring (bicyclic) bond motifs is 1. The molecule has 0 aromatic heterocycles. The number of hydrogen-bond donors (Lipinski definition) is 0. The zero-order valence-electron chi connectivity index (χ0n) is 16.8. The molecule has 0 spiro atoms. The van der Waals surface area contributed by atoms with Crippen LogP contribution in [0.5, 0.6) is 0 Å². The van der Waals surface area contributed by atoms with Crippen LogP contribution in [0, 0.1) is 11.8 Å². The molecule has 0 saturated carbocycles. The molecule has 146 valence electrons. The van der Waals surface area contributed by atoms with Gasteiger partial charge in [0, 0.05) is 19.5 Å². The van der Waals surface area contributed by atoms with Gasteiger partial charge in [-0.25, -0.2) is 4.79 Å². The fraction of sp³-hybridized carbons (Fsp3) is 0.545. The van der Waals surface area contributed by atoms with E-state index in [-0.39, 0.29) is 17.9 Å². The Morgan fingerprint density at radius 1 is 1.11 bits per heavy atom. The Morgan fingerprint density at radius 3 is 2.33 bits per heavy atom. The van der Waals surface area contributed by atoms with Gasteiger partial charge in [0.15, 0.2) is 0 Å². The minimum atomic E-state index is -0.564. The Labute approximate surface area is 162 Å². The molecule has 1 aromatic carbocycles. The first kappa shape index (κ1) is 19.5. The Bertz CT molecular complexity index is 735. The van der Waals surface area contributed by atoms with Gasteiger partial charge in [-0.1, -0.05) is 31.2 Å². The number of anilines is 2. The van der Waals surface area contributed by atoms with Crippen molar-refractivity contribution in [3.63, 3.8) is 0 Å². The van der Waals surface area contributed by atoms with Gasteiger partial charge in [-0.05, 0) is 57.6 Å². The smallest absolute Gasteiger partial charge is 0.414 e. The molecule has 2 amide bonds. The Kier molecular flexibility index (Phi) is 5.59. The van der Waals surface area contributed by atoms with Crippen molar-refractivity contribution in [1.82, 2.24) is 0 Å². The fourth-order valence-corrected chi connectivity index (χ4v) is 3.72. The summed E-state index contributed by atoms with van der Waals surface area (Å²) in [5.74, 6) is 0.593. The summed E-state index contributed by atoms with van der Waals surface area (Å²) in [6.45, 7) is 8.79. The van der Waals surface area contributed by atoms with Crippen LogP contribution in [-0.2, 0) is 9.53 Å². The van der Waals surface area contributed by atoms with Crippen LogP contribution in [0.2, 0.25) is 0 Å². The number of para-hydroxylation sites is 2. The van der Waals surface area contributed by atoms with Gasteiger partial charge in [0.2, 0.25) is 5.91 Å². The maximum atomic E-state index is 13.1. The van der Waals surface area contributed by atoms with E-state index in [2.05, 4.69) is 19.1 Å². The van der Waals surface area contributed by atoms with E-state index in [1.807, 2.05) is 49.9 Å². The summed E-state index contributed by atoms with van der Waals surface area (Å²) in [5.41, 5.74) is 0.970. The molecule has 27 heavy (non-hydrogen) atoms. The van der Waals surface area contributed by atoms with E-state index in [9.17, 15) is 9.59 Å². The number of amides is 2. The summed E-state index contributed by atoms with van der Waals surface area (Å²) in [6, 6.07) is 7.63. The molecule has 1 aromatic rings. The summed E-state index contributed by atoms with van der Waals surface area (Å²) in [4.78, 5) is 29.4. The number of benzene rings is 1. The minimum Gasteiger partial charge on any atom is -0.443 e. The average molecular weight is 370 g/mol. The zero-order chi connectivity index (χ0) is 19.6. The van der Waals surface area contributed by atoms with Crippen molar-refractivity contribution in [2.75, 3.05) is 22.9 Å². The molecule has 0 bridgehead atoms. The Morgan fingerprint density at radius 2 is 1.74 bits per heavy atom. The highest BCUT2D eigenvalue weighted by molar-refractivity contribution is 6.01. The summed E-state index contributed by atoms with van der Waals surface area (Å²) in [6.07, 6.45) is 6.55. The van der Waals surface area contributed by atoms with Crippen LogP contribution in [0.1, 0.15) is 47.0 Å². The first-order valence-electron chi connectivity index (χ1n) is 9.81. The van der Waals surface area contributed by atoms with Gasteiger partial charge in [0.05, 0.1) is 11.4 Å². The van der Waals surface area contributed by atoms with Crippen molar-refractivity contribution >= 4 is 23.4 Å². The number of ether oxygens (including phenoxy) is 1. The van der Waals surface area contributed by atoms with Crippen LogP contribution < -0.4 is 9.80 Å². The SMILES string of the molecule is C[C@@H]1CN(C(=O)C[C@H]2C=CCC2)c2ccccc2N(C(=O)OC(C)(C)C)C1. The molecule has 3 rings (SSSR count). The number of hydrogen-bond acceptors (Lipinski definition) is 3. The van der Waals surface area contributed by atoms with Gasteiger partial charge in [-0.3, -0.25) is 9.69 Å². The van der Waals surface area contributed by atoms with E-state index in [4.69, 9.17) is 4.74 Å². The molecule has 1 aliphatic heterocycles. The summed E-state index contributed by atoms with van der Waals surface area (Å²) >= 11 is 0. The normalized spacial score (nSPS) is 22.4. The summed E-state index contributed by atoms with van der Waals surface area (Å²) in [7, 11) is 0. The van der Waals surface area contributed by atoms with Gasteiger partial charge in [-0.2, -0.15) is 0 Å². The largest absolute Gasteiger partial charge is 0.443 e. The third-order valence-electron chi connectivity index (χ3n) is 4.92. The van der Waals surface area contributed by atoms with E-state index in [1.54, 1.807) is 4.90 Å². The van der Waals surface area contributed by atoms with Crippen LogP contribution in [0.3, 0.4) is 0 Å². The molecular weight excluding hydrogens is 340 g/mol. The quantitative estimate of drug-likeness (QED) is 0.705. The third-order valence-corrected chi connectivity index (χ3v) is 4.92. The number of nitrogens with zero attached hydrogens (tertiary/aromatic N) is 2. The molecule has 0 radical (unpaired) electrons. The topological polar surface area (TPSA) is 49.9 Å². The summed E-state index contributed by atoms with van der Waals surface area (Å²) in [5, 5.41) is 0.